The van der Waals surface area contributed by atoms with Crippen LogP contribution in [-0.2, 0) is 23.8 Å². The number of rotatable bonds is 26. The molecular formula is C37H62N2O10. The molecule has 0 aromatic heterocycles. The SMILES string of the molecule is CCCCCCCC/C=C\CCCCCCCC(C(=O)Nc1ccc(OC)cc1)N(CCOCCOC)C(=O)C1O[C@@H](O)C(O)[C@H](O)[C@@H]1O. The van der Waals surface area contributed by atoms with Gasteiger partial charge in [-0.2, -0.15) is 0 Å². The van der Waals surface area contributed by atoms with Crippen LogP contribution in [0.4, 0.5) is 5.69 Å². The number of amides is 2. The molecule has 1 heterocycles. The Morgan fingerprint density at radius 3 is 2.04 bits per heavy atom. The van der Waals surface area contributed by atoms with Crippen LogP contribution in [0.25, 0.3) is 0 Å². The first-order chi connectivity index (χ1) is 23.7. The lowest BCUT2D eigenvalue weighted by molar-refractivity contribution is -0.278. The van der Waals surface area contributed by atoms with Crippen molar-refractivity contribution in [3.8, 4) is 5.75 Å². The van der Waals surface area contributed by atoms with Crippen LogP contribution in [0.15, 0.2) is 36.4 Å². The summed E-state index contributed by atoms with van der Waals surface area (Å²) < 4.78 is 21.1. The summed E-state index contributed by atoms with van der Waals surface area (Å²) in [7, 11) is 3.09. The lowest BCUT2D eigenvalue weighted by Crippen LogP contribution is -2.63. The lowest BCUT2D eigenvalue weighted by atomic mass is 9.96. The first-order valence-corrected chi connectivity index (χ1v) is 18.1. The Kier molecular flexibility index (Phi) is 22.1. The molecule has 0 bridgehead atoms. The first-order valence-electron chi connectivity index (χ1n) is 18.1. The second-order valence-electron chi connectivity index (χ2n) is 12.7. The Balaban J connectivity index is 2.05. The second-order valence-corrected chi connectivity index (χ2v) is 12.7. The molecule has 280 valence electrons. The summed E-state index contributed by atoms with van der Waals surface area (Å²) in [6.07, 6.45) is 10.5. The highest BCUT2D eigenvalue weighted by Crippen LogP contribution is 2.25. The smallest absolute Gasteiger partial charge is 0.255 e. The minimum absolute atomic E-state index is 0.0321. The van der Waals surface area contributed by atoms with Gasteiger partial charge in [0.25, 0.3) is 5.91 Å². The number of aliphatic hydroxyl groups is 4. The Hall–Kier alpha value is -2.58. The average Bonchev–Trinajstić information content (AvgIpc) is 3.10. The summed E-state index contributed by atoms with van der Waals surface area (Å²) in [5.74, 6) is -0.636. The number of unbranched alkanes of at least 4 members (excludes halogenated alkanes) is 11. The zero-order valence-corrected chi connectivity index (χ0v) is 29.8. The monoisotopic (exact) mass is 694 g/mol. The Labute approximate surface area is 292 Å². The number of hydrogen-bond donors (Lipinski definition) is 5. The molecule has 12 nitrogen and oxygen atoms in total. The molecule has 0 aliphatic carbocycles. The molecule has 5 N–H and O–H groups in total. The highest BCUT2D eigenvalue weighted by molar-refractivity contribution is 5.98. The number of nitrogens with one attached hydrogen (secondary N) is 1. The number of nitrogens with zero attached hydrogens (tertiary/aromatic N) is 1. The number of carbonyl (C=O) groups excluding carboxylic acids is 2. The van der Waals surface area contributed by atoms with Crippen molar-refractivity contribution in [1.29, 1.82) is 0 Å². The minimum atomic E-state index is -1.90. The van der Waals surface area contributed by atoms with Gasteiger partial charge < -0.3 is 49.6 Å². The largest absolute Gasteiger partial charge is 0.497 e. The van der Waals surface area contributed by atoms with Gasteiger partial charge in [-0.1, -0.05) is 76.9 Å². The van der Waals surface area contributed by atoms with Crippen LogP contribution in [0.5, 0.6) is 5.75 Å². The Bertz CT molecular complexity index is 1060. The van der Waals surface area contributed by atoms with Crippen molar-refractivity contribution in [3.63, 3.8) is 0 Å². The summed E-state index contributed by atoms with van der Waals surface area (Å²) in [4.78, 5) is 29.0. The standard InChI is InChI=1S/C37H62N2O10/c1-4-5-6-7-8-9-10-11-12-13-14-15-16-17-18-19-30(35(43)38-28-20-22-29(47-3)23-21-28)39(24-25-48-27-26-46-2)36(44)34-32(41)31(40)33(42)37(45)49-34/h11-12,20-23,30-34,37,40-42,45H,4-10,13-19,24-27H2,1-3H3,(H,38,43)/b12-11-/t30?,31-,32+,33?,34?,37-/m1/s1. The van der Waals surface area contributed by atoms with E-state index in [1.54, 1.807) is 38.5 Å². The first kappa shape index (κ1) is 42.6. The van der Waals surface area contributed by atoms with Crippen molar-refractivity contribution in [2.45, 2.75) is 134 Å². The van der Waals surface area contributed by atoms with E-state index in [0.29, 0.717) is 30.9 Å². The third-order valence-electron chi connectivity index (χ3n) is 8.80. The fourth-order valence-corrected chi connectivity index (χ4v) is 5.79. The summed E-state index contributed by atoms with van der Waals surface area (Å²) in [6.45, 7) is 2.87. The molecule has 12 heteroatoms. The normalized spacial score (nSPS) is 21.5. The topological polar surface area (TPSA) is 167 Å². The maximum atomic E-state index is 13.9. The number of allylic oxidation sites excluding steroid dienone is 2. The van der Waals surface area contributed by atoms with Crippen molar-refractivity contribution in [1.82, 2.24) is 4.90 Å². The highest BCUT2D eigenvalue weighted by atomic mass is 16.6. The fourth-order valence-electron chi connectivity index (χ4n) is 5.79. The van der Waals surface area contributed by atoms with E-state index in [1.165, 1.54) is 43.4 Å². The number of aliphatic hydroxyl groups excluding tert-OH is 4. The average molecular weight is 695 g/mol. The van der Waals surface area contributed by atoms with Crippen molar-refractivity contribution < 1.29 is 49.0 Å². The highest BCUT2D eigenvalue weighted by Gasteiger charge is 2.48. The number of carbonyl (C=O) groups is 2. The van der Waals surface area contributed by atoms with Gasteiger partial charge >= 0.3 is 0 Å². The quantitative estimate of drug-likeness (QED) is 0.0696. The molecule has 1 aromatic carbocycles. The Morgan fingerprint density at radius 2 is 1.43 bits per heavy atom. The molecule has 1 aliphatic heterocycles. The van der Waals surface area contributed by atoms with Crippen molar-refractivity contribution in [3.05, 3.63) is 36.4 Å². The predicted octanol–water partition coefficient (Wildman–Crippen LogP) is 4.33. The maximum Gasteiger partial charge on any atom is 0.255 e. The zero-order valence-electron chi connectivity index (χ0n) is 29.8. The van der Waals surface area contributed by atoms with Gasteiger partial charge in [0.1, 0.15) is 30.1 Å². The molecule has 0 saturated carbocycles. The predicted molar refractivity (Wildman–Crippen MR) is 188 cm³/mol. The van der Waals surface area contributed by atoms with Gasteiger partial charge in [-0.25, -0.2) is 0 Å². The summed E-state index contributed by atoms with van der Waals surface area (Å²) in [5.41, 5.74) is 0.506. The summed E-state index contributed by atoms with van der Waals surface area (Å²) in [5, 5.41) is 43.9. The molecule has 2 amide bonds. The van der Waals surface area contributed by atoms with Crippen LogP contribution >= 0.6 is 0 Å². The van der Waals surface area contributed by atoms with Crippen LogP contribution in [0.3, 0.4) is 0 Å². The van der Waals surface area contributed by atoms with E-state index in [9.17, 15) is 30.0 Å². The third-order valence-corrected chi connectivity index (χ3v) is 8.80. The molecule has 3 unspecified atom stereocenters. The van der Waals surface area contributed by atoms with Gasteiger partial charge in [-0.3, -0.25) is 9.59 Å². The van der Waals surface area contributed by atoms with E-state index in [0.717, 1.165) is 38.5 Å². The van der Waals surface area contributed by atoms with Gasteiger partial charge in [0.15, 0.2) is 12.4 Å². The molecule has 0 radical (unpaired) electrons. The third kappa shape index (κ3) is 15.9. The number of benzene rings is 1. The number of hydrogen-bond acceptors (Lipinski definition) is 10. The maximum absolute atomic E-state index is 13.9. The van der Waals surface area contributed by atoms with Crippen molar-refractivity contribution in [2.75, 3.05) is 45.9 Å². The number of anilines is 1. The van der Waals surface area contributed by atoms with E-state index in [2.05, 4.69) is 24.4 Å². The molecule has 1 fully saturated rings. The second kappa shape index (κ2) is 25.4. The van der Waals surface area contributed by atoms with E-state index in [1.807, 2.05) is 0 Å². The molecule has 1 aromatic rings. The molecular weight excluding hydrogens is 632 g/mol. The van der Waals surface area contributed by atoms with Gasteiger partial charge in [0.05, 0.1) is 26.9 Å². The molecule has 1 saturated heterocycles. The summed E-state index contributed by atoms with van der Waals surface area (Å²) >= 11 is 0. The van der Waals surface area contributed by atoms with Gasteiger partial charge in [0.2, 0.25) is 5.91 Å². The molecule has 0 spiro atoms. The molecule has 2 rings (SSSR count). The van der Waals surface area contributed by atoms with Crippen LogP contribution in [0.1, 0.15) is 96.8 Å². The fraction of sp³-hybridized carbons (Fsp3) is 0.730. The van der Waals surface area contributed by atoms with Gasteiger partial charge in [-0.05, 0) is 56.4 Å². The minimum Gasteiger partial charge on any atom is -0.497 e. The van der Waals surface area contributed by atoms with Crippen LogP contribution in [0.2, 0.25) is 0 Å². The molecule has 6 atom stereocenters. The van der Waals surface area contributed by atoms with Crippen LogP contribution < -0.4 is 10.1 Å². The Morgan fingerprint density at radius 1 is 0.816 bits per heavy atom. The number of ether oxygens (including phenoxy) is 4. The summed E-state index contributed by atoms with van der Waals surface area (Å²) in [6, 6.07) is 5.82. The van der Waals surface area contributed by atoms with Gasteiger partial charge in [0, 0.05) is 19.3 Å². The lowest BCUT2D eigenvalue weighted by Gasteiger charge is -2.41. The number of methoxy groups -OCH3 is 2. The van der Waals surface area contributed by atoms with Crippen molar-refractivity contribution in [2.24, 2.45) is 0 Å². The van der Waals surface area contributed by atoms with Crippen molar-refractivity contribution >= 4 is 17.5 Å². The van der Waals surface area contributed by atoms with E-state index in [4.69, 9.17) is 18.9 Å². The van der Waals surface area contributed by atoms with E-state index >= 15 is 0 Å². The molecule has 49 heavy (non-hydrogen) atoms. The van der Waals surface area contributed by atoms with Crippen LogP contribution in [-0.4, -0.2) is 114 Å². The zero-order chi connectivity index (χ0) is 35.9. The van der Waals surface area contributed by atoms with Crippen LogP contribution in [0, 0.1) is 0 Å². The van der Waals surface area contributed by atoms with Gasteiger partial charge in [-0.15, -0.1) is 0 Å². The van der Waals surface area contributed by atoms with E-state index in [-0.39, 0.29) is 19.8 Å². The molecule has 1 aliphatic rings. The van der Waals surface area contributed by atoms with E-state index < -0.39 is 48.6 Å².